The van der Waals surface area contributed by atoms with Gasteiger partial charge in [-0.1, -0.05) is 57.2 Å². The number of nitrogens with zero attached hydrogens (tertiary/aromatic N) is 1. The molecule has 5 rings (SSSR count). The summed E-state index contributed by atoms with van der Waals surface area (Å²) in [6.07, 6.45) is 0. The van der Waals surface area contributed by atoms with E-state index in [0.717, 1.165) is 28.0 Å². The van der Waals surface area contributed by atoms with Gasteiger partial charge in [-0.3, -0.25) is 9.59 Å². The highest BCUT2D eigenvalue weighted by Gasteiger charge is 2.42. The molecule has 0 aliphatic carbocycles. The van der Waals surface area contributed by atoms with Crippen LogP contribution in [0.25, 0.3) is 11.0 Å². The molecule has 36 heavy (non-hydrogen) atoms. The van der Waals surface area contributed by atoms with Gasteiger partial charge in [-0.15, -0.1) is 0 Å². The van der Waals surface area contributed by atoms with Gasteiger partial charge in [0.25, 0.3) is 5.91 Å². The first kappa shape index (κ1) is 23.9. The monoisotopic (exact) mass is 481 g/mol. The lowest BCUT2D eigenvalue weighted by Crippen LogP contribution is -2.29. The van der Waals surface area contributed by atoms with E-state index in [2.05, 4.69) is 32.9 Å². The van der Waals surface area contributed by atoms with E-state index in [1.807, 2.05) is 62.4 Å². The fourth-order valence-corrected chi connectivity index (χ4v) is 4.88. The summed E-state index contributed by atoms with van der Waals surface area (Å²) >= 11 is 0. The Balaban J connectivity index is 1.68. The Morgan fingerprint density at radius 2 is 1.56 bits per heavy atom. The molecule has 0 spiro atoms. The van der Waals surface area contributed by atoms with Crippen molar-refractivity contribution in [3.63, 3.8) is 0 Å². The molecule has 3 aromatic carbocycles. The maximum absolute atomic E-state index is 13.9. The summed E-state index contributed by atoms with van der Waals surface area (Å²) in [7, 11) is 1.62. The summed E-state index contributed by atoms with van der Waals surface area (Å²) in [5.74, 6) is 0.607. The van der Waals surface area contributed by atoms with Gasteiger partial charge in [0.2, 0.25) is 5.76 Å². The summed E-state index contributed by atoms with van der Waals surface area (Å²) in [6.45, 7) is 10.8. The largest absolute Gasteiger partial charge is 0.497 e. The molecular formula is C31H31NO4. The maximum atomic E-state index is 13.9. The van der Waals surface area contributed by atoms with Crippen LogP contribution in [0.2, 0.25) is 0 Å². The minimum Gasteiger partial charge on any atom is -0.497 e. The third-order valence-corrected chi connectivity index (χ3v) is 7.19. The van der Waals surface area contributed by atoms with E-state index in [1.165, 1.54) is 5.56 Å². The molecule has 0 N–H and O–H groups in total. The molecular weight excluding hydrogens is 450 g/mol. The number of aryl methyl sites for hydroxylation is 2. The van der Waals surface area contributed by atoms with Gasteiger partial charge in [0, 0.05) is 6.54 Å². The number of carbonyl (C=O) groups is 1. The van der Waals surface area contributed by atoms with Crippen LogP contribution in [0, 0.1) is 13.8 Å². The van der Waals surface area contributed by atoms with Crippen LogP contribution in [-0.4, -0.2) is 17.9 Å². The van der Waals surface area contributed by atoms with E-state index in [9.17, 15) is 9.59 Å². The number of benzene rings is 3. The van der Waals surface area contributed by atoms with Crippen molar-refractivity contribution in [1.29, 1.82) is 0 Å². The molecule has 0 saturated carbocycles. The van der Waals surface area contributed by atoms with Crippen LogP contribution in [0.5, 0.6) is 5.75 Å². The standard InChI is InChI=1S/C31H31NO4/c1-18-15-24-25(16-19(18)2)36-29-26(28(24)33)27(21-9-11-22(12-10-21)31(3,4)5)32(30(29)34)17-20-7-13-23(35-6)14-8-20/h7-16,27H,17H2,1-6H3. The van der Waals surface area contributed by atoms with Crippen LogP contribution >= 0.6 is 0 Å². The first-order valence-corrected chi connectivity index (χ1v) is 12.2. The number of carbonyl (C=O) groups excluding carboxylic acids is 1. The Labute approximate surface area is 211 Å². The Bertz CT molecular complexity index is 1520. The van der Waals surface area contributed by atoms with Crippen molar-refractivity contribution < 1.29 is 13.9 Å². The Kier molecular flexibility index (Phi) is 5.74. The molecule has 5 heteroatoms. The molecule has 2 heterocycles. The highest BCUT2D eigenvalue weighted by Crippen LogP contribution is 2.40. The fourth-order valence-electron chi connectivity index (χ4n) is 4.88. The van der Waals surface area contributed by atoms with Gasteiger partial charge in [0.05, 0.1) is 24.1 Å². The zero-order valence-electron chi connectivity index (χ0n) is 21.6. The van der Waals surface area contributed by atoms with Gasteiger partial charge in [-0.2, -0.15) is 0 Å². The first-order chi connectivity index (χ1) is 17.1. The van der Waals surface area contributed by atoms with Crippen LogP contribution in [0.15, 0.2) is 69.9 Å². The molecule has 1 aliphatic heterocycles. The van der Waals surface area contributed by atoms with Gasteiger partial charge < -0.3 is 14.1 Å². The number of ether oxygens (including phenoxy) is 1. The quantitative estimate of drug-likeness (QED) is 0.336. The SMILES string of the molecule is COc1ccc(CN2C(=O)c3oc4cc(C)c(C)cc4c(=O)c3C2c2ccc(C(C)(C)C)cc2)cc1. The van der Waals surface area contributed by atoms with Crippen LogP contribution < -0.4 is 10.2 Å². The lowest BCUT2D eigenvalue weighted by molar-refractivity contribution is 0.0714. The zero-order valence-corrected chi connectivity index (χ0v) is 21.6. The smallest absolute Gasteiger partial charge is 0.291 e. The molecule has 1 atom stereocenters. The topological polar surface area (TPSA) is 59.8 Å². The maximum Gasteiger partial charge on any atom is 0.291 e. The summed E-state index contributed by atoms with van der Waals surface area (Å²) in [4.78, 5) is 29.4. The first-order valence-electron chi connectivity index (χ1n) is 12.2. The molecule has 1 aromatic heterocycles. The van der Waals surface area contributed by atoms with E-state index in [0.29, 0.717) is 23.1 Å². The van der Waals surface area contributed by atoms with Gasteiger partial charge in [-0.05, 0) is 71.3 Å². The molecule has 184 valence electrons. The summed E-state index contributed by atoms with van der Waals surface area (Å²) in [5.41, 5.74) is 5.75. The molecule has 1 amide bonds. The van der Waals surface area contributed by atoms with Gasteiger partial charge in [-0.25, -0.2) is 0 Å². The number of fused-ring (bicyclic) bond motifs is 2. The minimum atomic E-state index is -0.536. The van der Waals surface area contributed by atoms with Crippen molar-refractivity contribution >= 4 is 16.9 Å². The van der Waals surface area contributed by atoms with Gasteiger partial charge >= 0.3 is 0 Å². The minimum absolute atomic E-state index is 0.00463. The van der Waals surface area contributed by atoms with Crippen molar-refractivity contribution in [2.24, 2.45) is 0 Å². The predicted octanol–water partition coefficient (Wildman–Crippen LogP) is 6.46. The Morgan fingerprint density at radius 1 is 0.917 bits per heavy atom. The third kappa shape index (κ3) is 3.98. The molecule has 5 nitrogen and oxygen atoms in total. The molecule has 4 aromatic rings. The number of hydrogen-bond donors (Lipinski definition) is 0. The second-order valence-corrected chi connectivity index (χ2v) is 10.7. The van der Waals surface area contributed by atoms with E-state index in [1.54, 1.807) is 12.0 Å². The molecule has 0 fully saturated rings. The second-order valence-electron chi connectivity index (χ2n) is 10.7. The lowest BCUT2D eigenvalue weighted by Gasteiger charge is -2.26. The normalized spacial score (nSPS) is 15.4. The number of amides is 1. The summed E-state index contributed by atoms with van der Waals surface area (Å²) in [6, 6.07) is 19.0. The Morgan fingerprint density at radius 3 is 2.17 bits per heavy atom. The Hall–Kier alpha value is -3.86. The van der Waals surface area contributed by atoms with Crippen molar-refractivity contribution in [2.75, 3.05) is 7.11 Å². The van der Waals surface area contributed by atoms with Crippen LogP contribution in [0.4, 0.5) is 0 Å². The van der Waals surface area contributed by atoms with E-state index >= 15 is 0 Å². The second kappa shape index (κ2) is 8.66. The van der Waals surface area contributed by atoms with E-state index < -0.39 is 6.04 Å². The summed E-state index contributed by atoms with van der Waals surface area (Å²) in [5, 5.41) is 0.507. The summed E-state index contributed by atoms with van der Waals surface area (Å²) < 4.78 is 11.4. The highest BCUT2D eigenvalue weighted by molar-refractivity contribution is 5.99. The van der Waals surface area contributed by atoms with Crippen molar-refractivity contribution in [3.05, 3.63) is 110 Å². The average molecular weight is 482 g/mol. The highest BCUT2D eigenvalue weighted by atomic mass is 16.5. The van der Waals surface area contributed by atoms with Crippen LogP contribution in [0.1, 0.15) is 70.7 Å². The number of rotatable bonds is 4. The third-order valence-electron chi connectivity index (χ3n) is 7.19. The van der Waals surface area contributed by atoms with Crippen molar-refractivity contribution in [1.82, 2.24) is 4.90 Å². The molecule has 0 saturated heterocycles. The van der Waals surface area contributed by atoms with E-state index in [-0.39, 0.29) is 22.5 Å². The van der Waals surface area contributed by atoms with Crippen LogP contribution in [0.3, 0.4) is 0 Å². The van der Waals surface area contributed by atoms with Crippen molar-refractivity contribution in [3.8, 4) is 5.75 Å². The molecule has 0 radical (unpaired) electrons. The molecule has 1 unspecified atom stereocenters. The van der Waals surface area contributed by atoms with Crippen LogP contribution in [-0.2, 0) is 12.0 Å². The number of methoxy groups -OCH3 is 1. The molecule has 1 aliphatic rings. The van der Waals surface area contributed by atoms with E-state index in [4.69, 9.17) is 9.15 Å². The molecule has 0 bridgehead atoms. The average Bonchev–Trinajstić information content (AvgIpc) is 3.12. The van der Waals surface area contributed by atoms with Gasteiger partial charge in [0.1, 0.15) is 11.3 Å². The predicted molar refractivity (Wildman–Crippen MR) is 142 cm³/mol. The van der Waals surface area contributed by atoms with Gasteiger partial charge in [0.15, 0.2) is 5.43 Å². The lowest BCUT2D eigenvalue weighted by atomic mass is 9.86. The number of hydrogen-bond acceptors (Lipinski definition) is 4. The fraction of sp³-hybridized carbons (Fsp3) is 0.290. The van der Waals surface area contributed by atoms with Crippen molar-refractivity contribution in [2.45, 2.75) is 52.6 Å². The zero-order chi connectivity index (χ0) is 25.8.